The summed E-state index contributed by atoms with van der Waals surface area (Å²) < 4.78 is 32.4. The first-order valence-corrected chi connectivity index (χ1v) is 8.54. The predicted octanol–water partition coefficient (Wildman–Crippen LogP) is 1.80. The van der Waals surface area contributed by atoms with E-state index >= 15 is 0 Å². The lowest BCUT2D eigenvalue weighted by atomic mass is 10.1. The van der Waals surface area contributed by atoms with Crippen LogP contribution in [0.2, 0.25) is 0 Å². The van der Waals surface area contributed by atoms with Gasteiger partial charge in [0.05, 0.1) is 10.6 Å². The molecule has 0 aliphatic carbocycles. The van der Waals surface area contributed by atoms with Crippen molar-refractivity contribution < 1.29 is 17.9 Å². The van der Waals surface area contributed by atoms with Crippen LogP contribution in [0.4, 0.5) is 5.69 Å². The molecule has 7 heteroatoms. The van der Waals surface area contributed by atoms with Crippen LogP contribution < -0.4 is 14.8 Å². The number of ether oxygens (including phenoxy) is 1. The normalized spacial score (nSPS) is 13.9. The molecule has 0 spiro atoms. The molecule has 1 aliphatic rings. The highest BCUT2D eigenvalue weighted by molar-refractivity contribution is 7.89. The van der Waals surface area contributed by atoms with Gasteiger partial charge in [-0.3, -0.25) is 4.79 Å². The molecule has 1 amide bonds. The van der Waals surface area contributed by atoms with Crippen molar-refractivity contribution >= 4 is 21.6 Å². The van der Waals surface area contributed by atoms with Gasteiger partial charge in [0.15, 0.2) is 6.61 Å². The van der Waals surface area contributed by atoms with Crippen LogP contribution in [0.5, 0.6) is 5.75 Å². The van der Waals surface area contributed by atoms with Gasteiger partial charge < -0.3 is 10.1 Å². The summed E-state index contributed by atoms with van der Waals surface area (Å²) in [6, 6.07) is 11.9. The molecule has 0 fully saturated rings. The molecular weight excluding hydrogens is 316 g/mol. The molecule has 6 nitrogen and oxygen atoms in total. The molecule has 120 valence electrons. The van der Waals surface area contributed by atoms with Crippen LogP contribution in [0.3, 0.4) is 0 Å². The highest BCUT2D eigenvalue weighted by Gasteiger charge is 2.17. The molecule has 2 N–H and O–H groups in total. The number of hydrogen-bond acceptors (Lipinski definition) is 4. The maximum atomic E-state index is 12.3. The van der Waals surface area contributed by atoms with Gasteiger partial charge in [0, 0.05) is 6.54 Å². The molecule has 2 aromatic carbocycles. The molecule has 2 aromatic rings. The lowest BCUT2D eigenvalue weighted by molar-refractivity contribution is -0.118. The highest BCUT2D eigenvalue weighted by Crippen LogP contribution is 2.28. The van der Waals surface area contributed by atoms with Crippen molar-refractivity contribution in [3.8, 4) is 5.75 Å². The third kappa shape index (κ3) is 3.52. The maximum Gasteiger partial charge on any atom is 0.262 e. The van der Waals surface area contributed by atoms with E-state index in [1.165, 1.54) is 0 Å². The number of carbonyl (C=O) groups is 1. The number of amides is 1. The number of benzene rings is 2. The van der Waals surface area contributed by atoms with Crippen molar-refractivity contribution in [2.75, 3.05) is 11.9 Å². The molecule has 0 radical (unpaired) electrons. The first-order valence-electron chi connectivity index (χ1n) is 7.06. The van der Waals surface area contributed by atoms with Gasteiger partial charge in [-0.25, -0.2) is 13.1 Å². The van der Waals surface area contributed by atoms with Gasteiger partial charge in [0.2, 0.25) is 10.0 Å². The Hall–Kier alpha value is -2.38. The number of nitrogens with one attached hydrogen (secondary N) is 2. The van der Waals surface area contributed by atoms with E-state index in [0.29, 0.717) is 11.4 Å². The summed E-state index contributed by atoms with van der Waals surface area (Å²) in [7, 11) is -3.58. The summed E-state index contributed by atoms with van der Waals surface area (Å²) in [6.07, 6.45) is 0. The Labute approximate surface area is 134 Å². The van der Waals surface area contributed by atoms with Gasteiger partial charge in [-0.15, -0.1) is 0 Å². The van der Waals surface area contributed by atoms with Crippen LogP contribution in [-0.2, 0) is 21.4 Å². The van der Waals surface area contributed by atoms with Crippen LogP contribution >= 0.6 is 0 Å². The van der Waals surface area contributed by atoms with E-state index in [-0.39, 0.29) is 24.0 Å². The quantitative estimate of drug-likeness (QED) is 0.894. The molecule has 0 aromatic heterocycles. The Morgan fingerprint density at radius 3 is 2.83 bits per heavy atom. The summed E-state index contributed by atoms with van der Waals surface area (Å²) >= 11 is 0. The number of fused-ring (bicyclic) bond motifs is 1. The number of aryl methyl sites for hydroxylation is 1. The smallest absolute Gasteiger partial charge is 0.262 e. The third-order valence-electron chi connectivity index (χ3n) is 3.44. The molecule has 0 atom stereocenters. The monoisotopic (exact) mass is 332 g/mol. The number of anilines is 1. The van der Waals surface area contributed by atoms with Crippen molar-refractivity contribution in [1.29, 1.82) is 0 Å². The number of carbonyl (C=O) groups excluding carboxylic acids is 1. The molecule has 3 rings (SSSR count). The van der Waals surface area contributed by atoms with E-state index in [4.69, 9.17) is 4.74 Å². The molecule has 0 saturated carbocycles. The zero-order valence-electron chi connectivity index (χ0n) is 12.5. The zero-order valence-corrected chi connectivity index (χ0v) is 13.3. The van der Waals surface area contributed by atoms with Crippen LogP contribution in [-0.4, -0.2) is 20.9 Å². The Morgan fingerprint density at radius 2 is 2.04 bits per heavy atom. The minimum atomic E-state index is -3.58. The van der Waals surface area contributed by atoms with Gasteiger partial charge in [-0.2, -0.15) is 0 Å². The molecule has 1 aliphatic heterocycles. The van der Waals surface area contributed by atoms with Crippen molar-refractivity contribution in [1.82, 2.24) is 4.72 Å². The third-order valence-corrected chi connectivity index (χ3v) is 4.84. The van der Waals surface area contributed by atoms with E-state index in [9.17, 15) is 13.2 Å². The number of sulfonamides is 1. The second-order valence-corrected chi connectivity index (χ2v) is 7.08. The average molecular weight is 332 g/mol. The Balaban J connectivity index is 1.75. The Kier molecular flexibility index (Phi) is 4.06. The van der Waals surface area contributed by atoms with Gasteiger partial charge in [-0.05, 0) is 42.3 Å². The molecule has 0 unspecified atom stereocenters. The SMILES string of the molecule is Cc1cccc(S(=O)(=O)NCc2ccc3c(c2)NC(=O)CO3)c1. The van der Waals surface area contributed by atoms with Crippen molar-refractivity contribution in [2.24, 2.45) is 0 Å². The minimum absolute atomic E-state index is 0.00760. The van der Waals surface area contributed by atoms with E-state index in [1.807, 2.05) is 13.0 Å². The first kappa shape index (κ1) is 15.5. The molecule has 1 heterocycles. The summed E-state index contributed by atoms with van der Waals surface area (Å²) in [5, 5.41) is 2.70. The molecule has 0 bridgehead atoms. The molecule has 23 heavy (non-hydrogen) atoms. The summed E-state index contributed by atoms with van der Waals surface area (Å²) in [5.74, 6) is 0.352. The Morgan fingerprint density at radius 1 is 1.22 bits per heavy atom. The maximum absolute atomic E-state index is 12.3. The minimum Gasteiger partial charge on any atom is -0.482 e. The van der Waals surface area contributed by atoms with E-state index in [2.05, 4.69) is 10.0 Å². The lowest BCUT2D eigenvalue weighted by Crippen LogP contribution is -2.26. The van der Waals surface area contributed by atoms with Crippen molar-refractivity contribution in [3.05, 3.63) is 53.6 Å². The zero-order chi connectivity index (χ0) is 16.4. The van der Waals surface area contributed by atoms with E-state index in [1.54, 1.807) is 36.4 Å². The second-order valence-electron chi connectivity index (χ2n) is 5.31. The van der Waals surface area contributed by atoms with Gasteiger partial charge >= 0.3 is 0 Å². The fraction of sp³-hybridized carbons (Fsp3) is 0.188. The van der Waals surface area contributed by atoms with E-state index < -0.39 is 10.0 Å². The fourth-order valence-corrected chi connectivity index (χ4v) is 3.41. The highest BCUT2D eigenvalue weighted by atomic mass is 32.2. The predicted molar refractivity (Wildman–Crippen MR) is 85.8 cm³/mol. The van der Waals surface area contributed by atoms with Crippen LogP contribution in [0.25, 0.3) is 0 Å². The topological polar surface area (TPSA) is 84.5 Å². The van der Waals surface area contributed by atoms with Crippen LogP contribution in [0.1, 0.15) is 11.1 Å². The second kappa shape index (κ2) is 6.02. The largest absolute Gasteiger partial charge is 0.482 e. The van der Waals surface area contributed by atoms with Crippen LogP contribution in [0.15, 0.2) is 47.4 Å². The summed E-state index contributed by atoms with van der Waals surface area (Å²) in [6.45, 7) is 1.96. The lowest BCUT2D eigenvalue weighted by Gasteiger charge is -2.18. The van der Waals surface area contributed by atoms with Crippen LogP contribution in [0, 0.1) is 6.92 Å². The van der Waals surface area contributed by atoms with Crippen molar-refractivity contribution in [3.63, 3.8) is 0 Å². The van der Waals surface area contributed by atoms with Gasteiger partial charge in [-0.1, -0.05) is 18.2 Å². The van der Waals surface area contributed by atoms with Crippen molar-refractivity contribution in [2.45, 2.75) is 18.4 Å². The number of rotatable bonds is 4. The van der Waals surface area contributed by atoms with E-state index in [0.717, 1.165) is 11.1 Å². The molecule has 0 saturated heterocycles. The summed E-state index contributed by atoms with van der Waals surface area (Å²) in [5.41, 5.74) is 2.15. The summed E-state index contributed by atoms with van der Waals surface area (Å²) in [4.78, 5) is 11.6. The first-order chi connectivity index (χ1) is 10.9. The number of hydrogen-bond donors (Lipinski definition) is 2. The van der Waals surface area contributed by atoms with Gasteiger partial charge in [0.25, 0.3) is 5.91 Å². The Bertz CT molecular complexity index is 862. The standard InChI is InChI=1S/C16H16N2O4S/c1-11-3-2-4-13(7-11)23(20,21)17-9-12-5-6-15-14(8-12)18-16(19)10-22-15/h2-8,17H,9-10H2,1H3,(H,18,19). The fourth-order valence-electron chi connectivity index (χ4n) is 2.28. The average Bonchev–Trinajstić information content (AvgIpc) is 2.52. The molecular formula is C16H16N2O4S. The van der Waals surface area contributed by atoms with Gasteiger partial charge in [0.1, 0.15) is 5.75 Å².